The van der Waals surface area contributed by atoms with Gasteiger partial charge in [0.25, 0.3) is 11.8 Å². The number of methoxy groups -OCH3 is 1. The summed E-state index contributed by atoms with van der Waals surface area (Å²) >= 11 is 0. The lowest BCUT2D eigenvalue weighted by atomic mass is 10.0. The molecule has 192 valence electrons. The van der Waals surface area contributed by atoms with Crippen molar-refractivity contribution in [2.75, 3.05) is 39.2 Å². The molecule has 1 aliphatic heterocycles. The smallest absolute Gasteiger partial charge is 0.272 e. The largest absolute Gasteiger partial charge is 0.491 e. The average molecular weight is 495 g/mol. The quantitative estimate of drug-likeness (QED) is 0.701. The second kappa shape index (κ2) is 11.1. The highest BCUT2D eigenvalue weighted by Gasteiger charge is 2.32. The highest BCUT2D eigenvalue weighted by Crippen LogP contribution is 2.32. The first kappa shape index (κ1) is 25.6. The molecule has 3 amide bonds. The maximum Gasteiger partial charge on any atom is 0.272 e. The molecule has 1 fully saturated rings. The summed E-state index contributed by atoms with van der Waals surface area (Å²) in [5.74, 6) is -0.0586. The molecule has 2 aromatic rings. The second-order valence-corrected chi connectivity index (χ2v) is 9.74. The molecule has 1 aromatic heterocycles. The monoisotopic (exact) mass is 494 g/mol. The molecule has 2 heterocycles. The minimum absolute atomic E-state index is 0.0241. The number of carbonyl (C=O) groups is 3. The van der Waals surface area contributed by atoms with Gasteiger partial charge in [0.2, 0.25) is 5.91 Å². The van der Waals surface area contributed by atoms with Gasteiger partial charge >= 0.3 is 0 Å². The van der Waals surface area contributed by atoms with Crippen LogP contribution in [-0.2, 0) is 9.53 Å². The number of rotatable bonds is 4. The molecule has 4 rings (SSSR count). The normalized spacial score (nSPS) is 23.1. The summed E-state index contributed by atoms with van der Waals surface area (Å²) in [7, 11) is 3.34. The summed E-state index contributed by atoms with van der Waals surface area (Å²) in [6.45, 7) is 4.83. The van der Waals surface area contributed by atoms with Gasteiger partial charge in [-0.3, -0.25) is 19.4 Å². The number of amides is 3. The van der Waals surface area contributed by atoms with Gasteiger partial charge in [0, 0.05) is 57.0 Å². The number of nitrogens with one attached hydrogen (secondary N) is 1. The number of aromatic nitrogens is 1. The van der Waals surface area contributed by atoms with Crippen LogP contribution < -0.4 is 10.1 Å². The molecule has 0 spiro atoms. The Morgan fingerprint density at radius 2 is 1.92 bits per heavy atom. The van der Waals surface area contributed by atoms with Crippen LogP contribution in [0.1, 0.15) is 47.5 Å². The lowest BCUT2D eigenvalue weighted by molar-refractivity contribution is -0.117. The lowest BCUT2D eigenvalue weighted by Gasteiger charge is -2.36. The lowest BCUT2D eigenvalue weighted by Crippen LogP contribution is -2.48. The number of carbonyl (C=O) groups excluding carboxylic acids is 3. The van der Waals surface area contributed by atoms with Gasteiger partial charge in [-0.05, 0) is 44.0 Å². The van der Waals surface area contributed by atoms with E-state index in [0.29, 0.717) is 35.8 Å². The van der Waals surface area contributed by atoms with Crippen molar-refractivity contribution in [2.45, 2.75) is 38.8 Å². The zero-order valence-corrected chi connectivity index (χ0v) is 21.3. The van der Waals surface area contributed by atoms with Crippen LogP contribution in [0.15, 0.2) is 42.6 Å². The Labute approximate surface area is 211 Å². The van der Waals surface area contributed by atoms with E-state index >= 15 is 0 Å². The van der Waals surface area contributed by atoms with E-state index in [4.69, 9.17) is 9.47 Å². The number of benzene rings is 1. The van der Waals surface area contributed by atoms with Gasteiger partial charge in [-0.25, -0.2) is 0 Å². The van der Waals surface area contributed by atoms with E-state index in [1.165, 1.54) is 0 Å². The van der Waals surface area contributed by atoms with Crippen LogP contribution >= 0.6 is 0 Å². The molecule has 2 aliphatic rings. The molecule has 1 aliphatic carbocycles. The summed E-state index contributed by atoms with van der Waals surface area (Å²) < 4.78 is 11.9. The second-order valence-electron chi connectivity index (χ2n) is 9.74. The molecule has 0 saturated heterocycles. The van der Waals surface area contributed by atoms with Gasteiger partial charge < -0.3 is 24.6 Å². The predicted octanol–water partition coefficient (Wildman–Crippen LogP) is 3.08. The van der Waals surface area contributed by atoms with Crippen molar-refractivity contribution in [1.82, 2.24) is 14.8 Å². The van der Waals surface area contributed by atoms with Crippen molar-refractivity contribution < 1.29 is 23.9 Å². The minimum atomic E-state index is -0.315. The molecular formula is C27H34N4O5. The van der Waals surface area contributed by atoms with Gasteiger partial charge in [0.05, 0.1) is 17.7 Å². The van der Waals surface area contributed by atoms with Gasteiger partial charge in [0.1, 0.15) is 18.1 Å². The Bertz CT molecular complexity index is 1100. The van der Waals surface area contributed by atoms with Crippen LogP contribution in [0.25, 0.3) is 0 Å². The van der Waals surface area contributed by atoms with Crippen molar-refractivity contribution in [1.29, 1.82) is 0 Å². The van der Waals surface area contributed by atoms with Crippen LogP contribution in [0, 0.1) is 11.8 Å². The molecule has 1 saturated carbocycles. The maximum atomic E-state index is 13.4. The summed E-state index contributed by atoms with van der Waals surface area (Å²) in [5.41, 5.74) is 1.32. The van der Waals surface area contributed by atoms with Crippen molar-refractivity contribution in [3.05, 3.63) is 53.9 Å². The summed E-state index contributed by atoms with van der Waals surface area (Å²) in [4.78, 5) is 46.6. The fourth-order valence-electron chi connectivity index (χ4n) is 4.36. The zero-order valence-electron chi connectivity index (χ0n) is 21.3. The van der Waals surface area contributed by atoms with E-state index < -0.39 is 0 Å². The first-order valence-electron chi connectivity index (χ1n) is 12.4. The summed E-state index contributed by atoms with van der Waals surface area (Å²) in [5, 5.41) is 2.91. The van der Waals surface area contributed by atoms with Crippen molar-refractivity contribution >= 4 is 23.4 Å². The minimum Gasteiger partial charge on any atom is -0.491 e. The molecule has 1 aromatic carbocycles. The van der Waals surface area contributed by atoms with Crippen LogP contribution in [-0.4, -0.2) is 78.5 Å². The molecule has 3 atom stereocenters. The molecule has 0 bridgehead atoms. The molecular weight excluding hydrogens is 460 g/mol. The van der Waals surface area contributed by atoms with E-state index in [1.807, 2.05) is 13.8 Å². The Morgan fingerprint density at radius 3 is 2.58 bits per heavy atom. The summed E-state index contributed by atoms with van der Waals surface area (Å²) in [6.07, 6.45) is 3.10. The van der Waals surface area contributed by atoms with Crippen molar-refractivity contribution in [2.24, 2.45) is 11.8 Å². The number of anilines is 1. The first-order valence-corrected chi connectivity index (χ1v) is 12.4. The van der Waals surface area contributed by atoms with E-state index in [2.05, 4.69) is 10.3 Å². The fraction of sp³-hybridized carbons (Fsp3) is 0.481. The number of ether oxygens (including phenoxy) is 2. The Kier molecular flexibility index (Phi) is 7.88. The Morgan fingerprint density at radius 1 is 1.14 bits per heavy atom. The zero-order chi connectivity index (χ0) is 25.8. The molecule has 9 nitrogen and oxygen atoms in total. The number of hydrogen-bond donors (Lipinski definition) is 1. The van der Waals surface area contributed by atoms with E-state index in [-0.39, 0.29) is 48.3 Å². The molecule has 9 heteroatoms. The van der Waals surface area contributed by atoms with Gasteiger partial charge in [-0.1, -0.05) is 13.0 Å². The highest BCUT2D eigenvalue weighted by molar-refractivity contribution is 5.99. The third-order valence-electron chi connectivity index (χ3n) is 6.81. The molecule has 1 N–H and O–H groups in total. The first-order chi connectivity index (χ1) is 17.3. The number of hydrogen-bond acceptors (Lipinski definition) is 6. The Balaban J connectivity index is 1.66. The Hall–Kier alpha value is -3.46. The fourth-order valence-corrected chi connectivity index (χ4v) is 4.36. The topological polar surface area (TPSA) is 101 Å². The molecule has 36 heavy (non-hydrogen) atoms. The van der Waals surface area contributed by atoms with E-state index in [9.17, 15) is 14.4 Å². The SMILES string of the molecule is CO[C@@H]1CN(C)C(=O)c2ccc(NC(=O)C3CC3)cc2OC[C@H](C)N(C(=O)c2ccccn2)C[C@@H]1C. The average Bonchev–Trinajstić information content (AvgIpc) is 3.74. The molecule has 0 unspecified atom stereocenters. The van der Waals surface area contributed by atoms with Crippen LogP contribution in [0.5, 0.6) is 5.75 Å². The van der Waals surface area contributed by atoms with Crippen LogP contribution in [0.3, 0.4) is 0 Å². The van der Waals surface area contributed by atoms with Gasteiger partial charge in [-0.15, -0.1) is 0 Å². The van der Waals surface area contributed by atoms with Crippen molar-refractivity contribution in [3.63, 3.8) is 0 Å². The van der Waals surface area contributed by atoms with Crippen molar-refractivity contribution in [3.8, 4) is 5.75 Å². The predicted molar refractivity (Wildman–Crippen MR) is 135 cm³/mol. The number of fused-ring (bicyclic) bond motifs is 1. The van der Waals surface area contributed by atoms with Gasteiger partial charge in [-0.2, -0.15) is 0 Å². The summed E-state index contributed by atoms with van der Waals surface area (Å²) in [6, 6.07) is 10.0. The van der Waals surface area contributed by atoms with Crippen LogP contribution in [0.2, 0.25) is 0 Å². The standard InChI is InChI=1S/C27H34N4O5/c1-17-14-31(27(34)22-7-5-6-12-28-22)18(2)16-36-23-13-20(29-25(32)19-8-9-19)10-11-21(23)26(33)30(3)15-24(17)35-4/h5-7,10-13,17-19,24H,8-9,14-16H2,1-4H3,(H,29,32)/t17-,18-,24+/m0/s1. The third-order valence-corrected chi connectivity index (χ3v) is 6.81. The number of likely N-dealkylation sites (N-methyl/N-ethyl adjacent to an activating group) is 1. The third kappa shape index (κ3) is 5.84. The van der Waals surface area contributed by atoms with Crippen LogP contribution in [0.4, 0.5) is 5.69 Å². The van der Waals surface area contributed by atoms with E-state index in [0.717, 1.165) is 12.8 Å². The molecule has 0 radical (unpaired) electrons. The number of pyridine rings is 1. The van der Waals surface area contributed by atoms with Gasteiger partial charge in [0.15, 0.2) is 0 Å². The van der Waals surface area contributed by atoms with E-state index in [1.54, 1.807) is 66.6 Å². The highest BCUT2D eigenvalue weighted by atomic mass is 16.5. The maximum absolute atomic E-state index is 13.4. The number of nitrogens with zero attached hydrogens (tertiary/aromatic N) is 3.